The van der Waals surface area contributed by atoms with Crippen LogP contribution in [0.5, 0.6) is 11.5 Å². The Hall–Kier alpha value is -2.64. The Morgan fingerprint density at radius 2 is 1.75 bits per heavy atom. The largest absolute Gasteiger partial charge is 0.491 e. The van der Waals surface area contributed by atoms with Gasteiger partial charge in [0.15, 0.2) is 5.11 Å². The minimum atomic E-state index is -0.304. The Morgan fingerprint density at radius 1 is 1.04 bits per heavy atom. The normalized spacial score (nSPS) is 10.4. The second-order valence-corrected chi connectivity index (χ2v) is 6.88. The fourth-order valence-corrected chi connectivity index (χ4v) is 2.43. The monoisotopic (exact) mass is 402 g/mol. The minimum absolute atomic E-state index is 0.200. The molecule has 150 valence electrons. The van der Waals surface area contributed by atoms with Crippen molar-refractivity contribution in [3.05, 3.63) is 54.1 Å². The first kappa shape index (κ1) is 21.7. The van der Waals surface area contributed by atoms with Gasteiger partial charge in [-0.15, -0.1) is 0 Å². The summed E-state index contributed by atoms with van der Waals surface area (Å²) in [6, 6.07) is 14.3. The van der Waals surface area contributed by atoms with Gasteiger partial charge in [-0.2, -0.15) is 0 Å². The van der Waals surface area contributed by atoms with E-state index < -0.39 is 0 Å². The number of rotatable bonds is 9. The first-order valence-electron chi connectivity index (χ1n) is 9.05. The van der Waals surface area contributed by atoms with E-state index in [1.807, 2.05) is 24.3 Å². The third kappa shape index (κ3) is 7.17. The maximum atomic E-state index is 12.4. The number of benzene rings is 2. The topological polar surface area (TPSA) is 68.8 Å². The molecular weight excluding hydrogens is 376 g/mol. The van der Waals surface area contributed by atoms with Crippen molar-refractivity contribution < 1.29 is 19.0 Å². The number of nitrogens with one attached hydrogen (secondary N) is 2. The molecule has 2 N–H and O–H groups in total. The van der Waals surface area contributed by atoms with Gasteiger partial charge in [0.1, 0.15) is 18.1 Å². The molecule has 0 heterocycles. The fraction of sp³-hybridized carbons (Fsp3) is 0.333. The van der Waals surface area contributed by atoms with E-state index in [4.69, 9.17) is 26.4 Å². The highest BCUT2D eigenvalue weighted by Crippen LogP contribution is 2.24. The van der Waals surface area contributed by atoms with Gasteiger partial charge in [-0.3, -0.25) is 10.1 Å². The van der Waals surface area contributed by atoms with E-state index >= 15 is 0 Å². The van der Waals surface area contributed by atoms with Gasteiger partial charge < -0.3 is 19.5 Å². The van der Waals surface area contributed by atoms with Gasteiger partial charge in [-0.1, -0.05) is 26.0 Å². The lowest BCUT2D eigenvalue weighted by atomic mass is 10.2. The molecule has 7 heteroatoms. The van der Waals surface area contributed by atoms with Crippen molar-refractivity contribution in [3.8, 4) is 11.5 Å². The van der Waals surface area contributed by atoms with Gasteiger partial charge in [-0.25, -0.2) is 0 Å². The molecule has 0 aromatic heterocycles. The van der Waals surface area contributed by atoms with E-state index in [2.05, 4.69) is 24.5 Å². The Balaban J connectivity index is 1.91. The van der Waals surface area contributed by atoms with Crippen molar-refractivity contribution in [1.29, 1.82) is 0 Å². The van der Waals surface area contributed by atoms with Crippen molar-refractivity contribution in [2.45, 2.75) is 13.8 Å². The van der Waals surface area contributed by atoms with Crippen LogP contribution in [-0.4, -0.2) is 38.0 Å². The number of carbonyl (C=O) groups is 1. The molecule has 6 nitrogen and oxygen atoms in total. The van der Waals surface area contributed by atoms with Crippen molar-refractivity contribution in [2.75, 3.05) is 32.2 Å². The van der Waals surface area contributed by atoms with Crippen LogP contribution >= 0.6 is 12.2 Å². The van der Waals surface area contributed by atoms with E-state index in [-0.39, 0.29) is 11.0 Å². The number of carbonyl (C=O) groups excluding carboxylic acids is 1. The van der Waals surface area contributed by atoms with E-state index in [0.29, 0.717) is 48.5 Å². The van der Waals surface area contributed by atoms with Gasteiger partial charge in [0, 0.05) is 12.7 Å². The first-order valence-corrected chi connectivity index (χ1v) is 9.46. The van der Waals surface area contributed by atoms with E-state index in [9.17, 15) is 4.79 Å². The van der Waals surface area contributed by atoms with Crippen molar-refractivity contribution >= 4 is 28.9 Å². The van der Waals surface area contributed by atoms with Crippen LogP contribution < -0.4 is 20.1 Å². The molecule has 0 aliphatic heterocycles. The lowest BCUT2D eigenvalue weighted by Crippen LogP contribution is -2.34. The average molecular weight is 403 g/mol. The number of ether oxygens (including phenoxy) is 3. The molecule has 28 heavy (non-hydrogen) atoms. The maximum absolute atomic E-state index is 12.4. The number of anilines is 1. The van der Waals surface area contributed by atoms with Crippen LogP contribution in [0.3, 0.4) is 0 Å². The summed E-state index contributed by atoms with van der Waals surface area (Å²) in [5.74, 6) is 1.46. The van der Waals surface area contributed by atoms with Gasteiger partial charge in [-0.05, 0) is 54.5 Å². The smallest absolute Gasteiger partial charge is 0.257 e. The van der Waals surface area contributed by atoms with Crippen LogP contribution in [0.25, 0.3) is 0 Å². The summed E-state index contributed by atoms with van der Waals surface area (Å²) in [4.78, 5) is 12.4. The predicted octanol–water partition coefficient (Wildman–Crippen LogP) is 3.87. The highest BCUT2D eigenvalue weighted by atomic mass is 32.1. The quantitative estimate of drug-likeness (QED) is 0.490. The van der Waals surface area contributed by atoms with Crippen LogP contribution in [-0.2, 0) is 4.74 Å². The maximum Gasteiger partial charge on any atom is 0.257 e. The Morgan fingerprint density at radius 3 is 2.43 bits per heavy atom. The summed E-state index contributed by atoms with van der Waals surface area (Å²) >= 11 is 5.27. The molecule has 0 radical (unpaired) electrons. The summed E-state index contributed by atoms with van der Waals surface area (Å²) in [5, 5.41) is 5.89. The lowest BCUT2D eigenvalue weighted by Gasteiger charge is -2.15. The zero-order chi connectivity index (χ0) is 20.4. The SMILES string of the molecule is COCCOc1ccc(C(=O)NC(=S)Nc2ccccc2OCC(C)C)cc1. The second-order valence-electron chi connectivity index (χ2n) is 6.47. The number of thiocarbonyl (C=S) groups is 1. The van der Waals surface area contributed by atoms with Crippen molar-refractivity contribution in [1.82, 2.24) is 5.32 Å². The van der Waals surface area contributed by atoms with Gasteiger partial charge in [0.2, 0.25) is 0 Å². The van der Waals surface area contributed by atoms with Gasteiger partial charge in [0.05, 0.1) is 18.9 Å². The number of hydrogen-bond donors (Lipinski definition) is 2. The van der Waals surface area contributed by atoms with E-state index in [1.54, 1.807) is 31.4 Å². The van der Waals surface area contributed by atoms with Crippen LogP contribution in [0, 0.1) is 5.92 Å². The third-order valence-corrected chi connectivity index (χ3v) is 3.81. The molecule has 0 aliphatic carbocycles. The molecule has 2 aromatic carbocycles. The highest BCUT2D eigenvalue weighted by molar-refractivity contribution is 7.80. The molecule has 0 aliphatic rings. The summed E-state index contributed by atoms with van der Waals surface area (Å²) in [6.45, 7) is 5.71. The molecule has 0 atom stereocenters. The Labute approximate surface area is 171 Å². The molecule has 0 spiro atoms. The molecule has 0 bridgehead atoms. The van der Waals surface area contributed by atoms with Gasteiger partial charge >= 0.3 is 0 Å². The Bertz CT molecular complexity index is 778. The number of para-hydroxylation sites is 2. The molecule has 0 fully saturated rings. The lowest BCUT2D eigenvalue weighted by molar-refractivity contribution is 0.0977. The molecular formula is C21H26N2O4S. The number of amides is 1. The van der Waals surface area contributed by atoms with Crippen molar-refractivity contribution in [3.63, 3.8) is 0 Å². The first-order chi connectivity index (χ1) is 13.5. The molecule has 2 aromatic rings. The number of methoxy groups -OCH3 is 1. The second kappa shape index (κ2) is 11.3. The predicted molar refractivity (Wildman–Crippen MR) is 114 cm³/mol. The summed E-state index contributed by atoms with van der Waals surface area (Å²) < 4.78 is 16.2. The van der Waals surface area contributed by atoms with Crippen LogP contribution in [0.1, 0.15) is 24.2 Å². The average Bonchev–Trinajstić information content (AvgIpc) is 2.68. The van der Waals surface area contributed by atoms with Gasteiger partial charge in [0.25, 0.3) is 5.91 Å². The standard InChI is InChI=1S/C21H26N2O4S/c1-15(2)14-27-19-7-5-4-6-18(19)22-21(28)23-20(24)16-8-10-17(11-9-16)26-13-12-25-3/h4-11,15H,12-14H2,1-3H3,(H2,22,23,24,28). The molecule has 0 unspecified atom stereocenters. The van der Waals surface area contributed by atoms with Crippen molar-refractivity contribution in [2.24, 2.45) is 5.92 Å². The number of hydrogen-bond acceptors (Lipinski definition) is 5. The molecule has 0 saturated heterocycles. The van der Waals surface area contributed by atoms with Crippen LogP contribution in [0.15, 0.2) is 48.5 Å². The zero-order valence-electron chi connectivity index (χ0n) is 16.4. The molecule has 2 rings (SSSR count). The fourth-order valence-electron chi connectivity index (χ4n) is 2.23. The molecule has 1 amide bonds. The third-order valence-electron chi connectivity index (χ3n) is 3.61. The zero-order valence-corrected chi connectivity index (χ0v) is 17.2. The summed E-state index contributed by atoms with van der Waals surface area (Å²) in [5.41, 5.74) is 1.18. The minimum Gasteiger partial charge on any atom is -0.491 e. The summed E-state index contributed by atoms with van der Waals surface area (Å²) in [6.07, 6.45) is 0. The van der Waals surface area contributed by atoms with E-state index in [1.165, 1.54) is 0 Å². The van der Waals surface area contributed by atoms with Crippen LogP contribution in [0.2, 0.25) is 0 Å². The Kier molecular flexibility index (Phi) is 8.71. The van der Waals surface area contributed by atoms with Crippen LogP contribution in [0.4, 0.5) is 5.69 Å². The summed E-state index contributed by atoms with van der Waals surface area (Å²) in [7, 11) is 1.61. The highest BCUT2D eigenvalue weighted by Gasteiger charge is 2.10. The van der Waals surface area contributed by atoms with E-state index in [0.717, 1.165) is 0 Å². The molecule has 0 saturated carbocycles.